The summed E-state index contributed by atoms with van der Waals surface area (Å²) in [6.07, 6.45) is 1.89. The van der Waals surface area contributed by atoms with Crippen molar-refractivity contribution in [3.05, 3.63) is 30.0 Å². The van der Waals surface area contributed by atoms with Crippen molar-refractivity contribution in [3.8, 4) is 0 Å². The minimum absolute atomic E-state index is 0.00708. The third-order valence-electron chi connectivity index (χ3n) is 6.53. The molecule has 4 N–H and O–H groups in total. The lowest BCUT2D eigenvalue weighted by molar-refractivity contribution is -0.144. The van der Waals surface area contributed by atoms with Crippen molar-refractivity contribution in [3.63, 3.8) is 0 Å². The van der Waals surface area contributed by atoms with Gasteiger partial charge in [-0.25, -0.2) is 8.42 Å². The number of carboxylic acid groups (broad SMARTS) is 2. The summed E-state index contributed by atoms with van der Waals surface area (Å²) in [4.78, 5) is 41.9. The fourth-order valence-electron chi connectivity index (χ4n) is 4.81. The van der Waals surface area contributed by atoms with Gasteiger partial charge >= 0.3 is 11.9 Å². The van der Waals surface area contributed by atoms with Crippen LogP contribution in [0.15, 0.2) is 24.4 Å². The van der Waals surface area contributed by atoms with Gasteiger partial charge in [0.1, 0.15) is 6.04 Å². The molecule has 1 aromatic carbocycles. The van der Waals surface area contributed by atoms with Crippen molar-refractivity contribution in [2.75, 3.05) is 43.0 Å². The van der Waals surface area contributed by atoms with E-state index in [2.05, 4.69) is 15.2 Å². The minimum Gasteiger partial charge on any atom is -0.481 e. The summed E-state index contributed by atoms with van der Waals surface area (Å²) < 4.78 is 23.6. The van der Waals surface area contributed by atoms with Gasteiger partial charge in [-0.1, -0.05) is 6.07 Å². The Kier molecular flexibility index (Phi) is 6.91. The molecule has 2 saturated heterocycles. The lowest BCUT2D eigenvalue weighted by Gasteiger charge is -2.39. The predicted molar refractivity (Wildman–Crippen MR) is 124 cm³/mol. The Morgan fingerprint density at radius 3 is 2.47 bits per heavy atom. The number of fused-ring (bicyclic) bond motifs is 1. The number of hydrogen-bond donors (Lipinski definition) is 4. The van der Waals surface area contributed by atoms with E-state index in [1.54, 1.807) is 24.4 Å². The molecule has 1 amide bonds. The molecule has 0 spiro atoms. The fraction of sp³-hybridized carbons (Fsp3) is 0.500. The Bertz CT molecular complexity index is 1200. The fourth-order valence-corrected chi connectivity index (χ4v) is 6.57. The van der Waals surface area contributed by atoms with Crippen molar-refractivity contribution >= 4 is 44.3 Å². The van der Waals surface area contributed by atoms with E-state index >= 15 is 0 Å². The topological polar surface area (TPSA) is 160 Å². The molecule has 2 fully saturated rings. The van der Waals surface area contributed by atoms with Gasteiger partial charge < -0.3 is 20.5 Å². The molecule has 34 heavy (non-hydrogen) atoms. The van der Waals surface area contributed by atoms with Crippen LogP contribution in [0.2, 0.25) is 0 Å². The lowest BCUT2D eigenvalue weighted by atomic mass is 10.0. The zero-order valence-corrected chi connectivity index (χ0v) is 19.4. The largest absolute Gasteiger partial charge is 0.481 e. The first-order valence-corrected chi connectivity index (χ1v) is 13.0. The number of H-pyrrole nitrogens is 1. The van der Waals surface area contributed by atoms with E-state index in [9.17, 15) is 27.9 Å². The number of sulfone groups is 1. The minimum atomic E-state index is -2.97. The molecule has 0 radical (unpaired) electrons. The van der Waals surface area contributed by atoms with E-state index in [1.165, 1.54) is 0 Å². The molecule has 184 valence electrons. The summed E-state index contributed by atoms with van der Waals surface area (Å²) in [5.41, 5.74) is 1.76. The summed E-state index contributed by atoms with van der Waals surface area (Å²) >= 11 is 0. The molecule has 12 heteroatoms. The zero-order valence-electron chi connectivity index (χ0n) is 18.6. The Labute approximate surface area is 196 Å². The van der Waals surface area contributed by atoms with Crippen molar-refractivity contribution in [2.45, 2.75) is 31.3 Å². The van der Waals surface area contributed by atoms with Gasteiger partial charge in [-0.15, -0.1) is 0 Å². The molecule has 4 rings (SSSR count). The number of anilines is 1. The highest BCUT2D eigenvalue weighted by Gasteiger charge is 2.37. The van der Waals surface area contributed by atoms with E-state index in [0.717, 1.165) is 5.39 Å². The van der Waals surface area contributed by atoms with Gasteiger partial charge in [-0.05, 0) is 18.6 Å². The second-order valence-corrected chi connectivity index (χ2v) is 11.0. The van der Waals surface area contributed by atoms with E-state index in [-0.39, 0.29) is 30.4 Å². The number of nitrogens with zero attached hydrogens (tertiary/aromatic N) is 2. The molecule has 2 unspecified atom stereocenters. The molecule has 1 aromatic heterocycles. The number of amides is 1. The summed E-state index contributed by atoms with van der Waals surface area (Å²) in [7, 11) is -2.97. The van der Waals surface area contributed by atoms with Crippen molar-refractivity contribution < 1.29 is 33.0 Å². The van der Waals surface area contributed by atoms with Crippen molar-refractivity contribution in [1.29, 1.82) is 0 Å². The number of hydrogen-bond acceptors (Lipinski definition) is 7. The molecule has 2 aromatic rings. The first-order chi connectivity index (χ1) is 16.1. The third-order valence-corrected chi connectivity index (χ3v) is 8.28. The van der Waals surface area contributed by atoms with Crippen LogP contribution in [0.1, 0.15) is 30.9 Å². The highest BCUT2D eigenvalue weighted by atomic mass is 32.2. The quantitative estimate of drug-likeness (QED) is 0.420. The Morgan fingerprint density at radius 1 is 1.12 bits per heavy atom. The van der Waals surface area contributed by atoms with E-state index < -0.39 is 33.7 Å². The van der Waals surface area contributed by atoms with Gasteiger partial charge in [0.05, 0.1) is 17.9 Å². The van der Waals surface area contributed by atoms with Gasteiger partial charge in [0, 0.05) is 67.0 Å². The van der Waals surface area contributed by atoms with E-state index in [4.69, 9.17) is 5.11 Å². The molecular weight excluding hydrogens is 464 g/mol. The van der Waals surface area contributed by atoms with Crippen LogP contribution in [0, 0.1) is 0 Å². The first kappa shape index (κ1) is 24.2. The Hall–Kier alpha value is -2.96. The molecular formula is C22H28N4O7S. The number of nitrogens with one attached hydrogen (secondary N) is 2. The lowest BCUT2D eigenvalue weighted by Crippen LogP contribution is -2.52. The van der Waals surface area contributed by atoms with Crippen LogP contribution in [0.25, 0.3) is 10.9 Å². The number of piperazine rings is 1. The standard InChI is InChI=1S/C22H28N4O7S/c27-19(3-4-20(28)29)24-14-1-2-16-17(12-23-18(16)11-14)21(22(30)31)26-8-6-25(7-9-26)15-5-10-34(32,33)13-15/h1-2,11-12,15,21,23H,3-10,13H2,(H,24,27)(H,28,29)(H,30,31). The summed E-state index contributed by atoms with van der Waals surface area (Å²) in [6.45, 7) is 2.24. The smallest absolute Gasteiger partial charge is 0.325 e. The van der Waals surface area contributed by atoms with Gasteiger partial charge in [-0.3, -0.25) is 24.2 Å². The normalized spacial score (nSPS) is 21.9. The zero-order chi connectivity index (χ0) is 24.5. The van der Waals surface area contributed by atoms with Gasteiger partial charge in [0.15, 0.2) is 9.84 Å². The number of aliphatic carboxylic acids is 2. The molecule has 0 bridgehead atoms. The highest BCUT2D eigenvalue weighted by molar-refractivity contribution is 7.91. The molecule has 0 aliphatic carbocycles. The van der Waals surface area contributed by atoms with E-state index in [0.29, 0.717) is 49.4 Å². The van der Waals surface area contributed by atoms with Crippen LogP contribution in [0.3, 0.4) is 0 Å². The summed E-state index contributed by atoms with van der Waals surface area (Å²) in [5.74, 6) is -2.04. The number of benzene rings is 1. The number of carbonyl (C=O) groups excluding carboxylic acids is 1. The third kappa shape index (κ3) is 5.40. The number of aromatic amines is 1. The molecule has 2 aliphatic heterocycles. The highest BCUT2D eigenvalue weighted by Crippen LogP contribution is 2.31. The van der Waals surface area contributed by atoms with Crippen LogP contribution < -0.4 is 5.32 Å². The van der Waals surface area contributed by atoms with Crippen LogP contribution >= 0.6 is 0 Å². The second-order valence-electron chi connectivity index (χ2n) is 8.82. The SMILES string of the molecule is O=C(O)CCC(=O)Nc1ccc2c(C(C(=O)O)N3CCN(C4CCS(=O)(=O)C4)CC3)c[nH]c2c1. The van der Waals surface area contributed by atoms with E-state index in [1.807, 2.05) is 4.90 Å². The van der Waals surface area contributed by atoms with Crippen LogP contribution in [-0.2, 0) is 24.2 Å². The first-order valence-electron chi connectivity index (χ1n) is 11.2. The van der Waals surface area contributed by atoms with Crippen LogP contribution in [-0.4, -0.2) is 95.0 Å². The van der Waals surface area contributed by atoms with Crippen molar-refractivity contribution in [1.82, 2.24) is 14.8 Å². The molecule has 11 nitrogen and oxygen atoms in total. The van der Waals surface area contributed by atoms with Gasteiger partial charge in [0.2, 0.25) is 5.91 Å². The molecule has 3 heterocycles. The summed E-state index contributed by atoms with van der Waals surface area (Å²) in [6, 6.07) is 4.24. The van der Waals surface area contributed by atoms with Gasteiger partial charge in [0.25, 0.3) is 0 Å². The number of aromatic nitrogens is 1. The van der Waals surface area contributed by atoms with Gasteiger partial charge in [-0.2, -0.15) is 0 Å². The number of carbonyl (C=O) groups is 3. The Balaban J connectivity index is 1.45. The van der Waals surface area contributed by atoms with Crippen molar-refractivity contribution in [2.24, 2.45) is 0 Å². The number of carboxylic acids is 2. The maximum atomic E-state index is 12.2. The van der Waals surface area contributed by atoms with Crippen LogP contribution in [0.4, 0.5) is 5.69 Å². The number of rotatable bonds is 8. The maximum Gasteiger partial charge on any atom is 0.325 e. The maximum absolute atomic E-state index is 12.2. The average Bonchev–Trinajstić information content (AvgIpc) is 3.35. The average molecular weight is 493 g/mol. The molecule has 2 atom stereocenters. The monoisotopic (exact) mass is 492 g/mol. The predicted octanol–water partition coefficient (Wildman–Crippen LogP) is 0.902. The molecule has 2 aliphatic rings. The molecule has 0 saturated carbocycles. The van der Waals surface area contributed by atoms with Crippen LogP contribution in [0.5, 0.6) is 0 Å². The second kappa shape index (κ2) is 9.72. The Morgan fingerprint density at radius 2 is 1.85 bits per heavy atom. The summed E-state index contributed by atoms with van der Waals surface area (Å²) in [5, 5.41) is 22.1.